The number of hydrogen-bond acceptors (Lipinski definition) is 5. The molecule has 5 nitrogen and oxygen atoms in total. The molecule has 0 amide bonds. The molecule has 0 spiro atoms. The van der Waals surface area contributed by atoms with Crippen LogP contribution in [0.3, 0.4) is 0 Å². The summed E-state index contributed by atoms with van der Waals surface area (Å²) in [6.45, 7) is 0. The van der Waals surface area contributed by atoms with Crippen LogP contribution in [0.1, 0.15) is 34.7 Å². The monoisotopic (exact) mass is 498 g/mol. The second-order valence-electron chi connectivity index (χ2n) is 8.77. The zero-order valence-electron chi connectivity index (χ0n) is 19.8. The second kappa shape index (κ2) is 8.91. The van der Waals surface area contributed by atoms with Crippen LogP contribution in [0.15, 0.2) is 82.1 Å². The van der Waals surface area contributed by atoms with Crippen LogP contribution in [0, 0.1) is 5.82 Å². The summed E-state index contributed by atoms with van der Waals surface area (Å²) in [7, 11) is 3.19. The maximum Gasteiger partial charge on any atom is 0.271 e. The largest absolute Gasteiger partial charge is 0.497 e. The molecule has 7 heteroatoms. The van der Waals surface area contributed by atoms with Crippen molar-refractivity contribution in [3.63, 3.8) is 0 Å². The lowest BCUT2D eigenvalue weighted by Crippen LogP contribution is -2.38. The third kappa shape index (κ3) is 3.67. The minimum absolute atomic E-state index is 0.128. The van der Waals surface area contributed by atoms with Crippen LogP contribution < -0.4 is 24.4 Å². The zero-order chi connectivity index (χ0) is 24.8. The van der Waals surface area contributed by atoms with E-state index >= 15 is 0 Å². The minimum atomic E-state index is -0.342. The average molecular weight is 499 g/mol. The predicted molar refractivity (Wildman–Crippen MR) is 139 cm³/mol. The SMILES string of the molecule is COc1ccc(/C=c2/sc3n(c2=O)[C@H](c2ccc(F)cc2)C2=C(N=3)c3ccccc3CC2)c(OC)c1. The number of aromatic nitrogens is 1. The molecule has 0 saturated heterocycles. The van der Waals surface area contributed by atoms with E-state index in [-0.39, 0.29) is 17.4 Å². The van der Waals surface area contributed by atoms with Gasteiger partial charge >= 0.3 is 0 Å². The molecule has 0 unspecified atom stereocenters. The van der Waals surface area contributed by atoms with Crippen molar-refractivity contribution >= 4 is 23.1 Å². The number of thiazole rings is 1. The molecule has 0 radical (unpaired) electrons. The van der Waals surface area contributed by atoms with E-state index in [1.807, 2.05) is 30.3 Å². The Bertz CT molecular complexity index is 1700. The highest BCUT2D eigenvalue weighted by atomic mass is 32.1. The molecule has 2 heterocycles. The topological polar surface area (TPSA) is 52.8 Å². The van der Waals surface area contributed by atoms with Gasteiger partial charge in [0.2, 0.25) is 0 Å². The molecule has 4 aromatic rings. The fraction of sp³-hybridized carbons (Fsp3) is 0.172. The third-order valence-electron chi connectivity index (χ3n) is 6.79. The first kappa shape index (κ1) is 22.5. The van der Waals surface area contributed by atoms with Crippen LogP contribution in [-0.4, -0.2) is 18.8 Å². The third-order valence-corrected chi connectivity index (χ3v) is 7.77. The molecule has 3 aromatic carbocycles. The zero-order valence-corrected chi connectivity index (χ0v) is 20.6. The van der Waals surface area contributed by atoms with Gasteiger partial charge in [-0.1, -0.05) is 47.7 Å². The lowest BCUT2D eigenvalue weighted by Gasteiger charge is -2.30. The Labute approximate surface area is 211 Å². The number of benzene rings is 3. The number of halogens is 1. The summed E-state index contributed by atoms with van der Waals surface area (Å²) in [6.07, 6.45) is 3.49. The number of hydrogen-bond donors (Lipinski definition) is 0. The van der Waals surface area contributed by atoms with E-state index in [2.05, 4.69) is 12.1 Å². The smallest absolute Gasteiger partial charge is 0.271 e. The summed E-state index contributed by atoms with van der Waals surface area (Å²) in [4.78, 5) is 19.5. The Balaban J connectivity index is 1.60. The summed E-state index contributed by atoms with van der Waals surface area (Å²) in [6, 6.07) is 19.9. The molecule has 0 N–H and O–H groups in total. The van der Waals surface area contributed by atoms with Gasteiger partial charge in [-0.3, -0.25) is 9.36 Å². The van der Waals surface area contributed by atoms with Gasteiger partial charge in [-0.05, 0) is 59.9 Å². The summed E-state index contributed by atoms with van der Waals surface area (Å²) < 4.78 is 27.0. The summed E-state index contributed by atoms with van der Waals surface area (Å²) >= 11 is 1.35. The Morgan fingerprint density at radius 1 is 1.03 bits per heavy atom. The van der Waals surface area contributed by atoms with Crippen LogP contribution in [0.2, 0.25) is 0 Å². The molecular formula is C29H23FN2O3S. The number of nitrogens with zero attached hydrogens (tertiary/aromatic N) is 2. The average Bonchev–Trinajstić information content (AvgIpc) is 3.22. The quantitative estimate of drug-likeness (QED) is 0.417. The standard InChI is InChI=1S/C29H23FN2O3S/c1-34-21-13-9-19(24(16-21)35-2)15-25-28(33)32-27(18-7-11-20(30)12-8-18)23-14-10-17-5-3-4-6-22(17)26(23)31-29(32)36-25/h3-9,11-13,15-16,27H,10,14H2,1-2H3/b25-15+/t27-/m1/s1. The molecule has 180 valence electrons. The van der Waals surface area contributed by atoms with Gasteiger partial charge in [0, 0.05) is 17.2 Å². The van der Waals surface area contributed by atoms with E-state index in [0.29, 0.717) is 20.8 Å². The lowest BCUT2D eigenvalue weighted by atomic mass is 9.83. The van der Waals surface area contributed by atoms with Gasteiger partial charge in [0.25, 0.3) is 5.56 Å². The highest BCUT2D eigenvalue weighted by molar-refractivity contribution is 7.07. The number of allylic oxidation sites excluding steroid dienone is 1. The highest BCUT2D eigenvalue weighted by Crippen LogP contribution is 2.41. The first-order chi connectivity index (χ1) is 17.6. The van der Waals surface area contributed by atoms with Crippen molar-refractivity contribution < 1.29 is 13.9 Å². The highest BCUT2D eigenvalue weighted by Gasteiger charge is 2.32. The Morgan fingerprint density at radius 2 is 1.83 bits per heavy atom. The van der Waals surface area contributed by atoms with Crippen LogP contribution in [0.25, 0.3) is 11.8 Å². The summed E-state index contributed by atoms with van der Waals surface area (Å²) in [5, 5.41) is 0. The maximum absolute atomic E-state index is 13.8. The van der Waals surface area contributed by atoms with Crippen molar-refractivity contribution in [1.82, 2.24) is 4.57 Å². The maximum atomic E-state index is 13.8. The molecule has 0 saturated carbocycles. The van der Waals surface area contributed by atoms with E-state index < -0.39 is 0 Å². The Hall–Kier alpha value is -3.97. The molecule has 6 rings (SSSR count). The fourth-order valence-corrected chi connectivity index (χ4v) is 6.04. The fourth-order valence-electron chi connectivity index (χ4n) is 5.05. The van der Waals surface area contributed by atoms with Crippen molar-refractivity contribution in [3.8, 4) is 11.5 Å². The van der Waals surface area contributed by atoms with Gasteiger partial charge in [-0.25, -0.2) is 9.38 Å². The molecular weight excluding hydrogens is 475 g/mol. The van der Waals surface area contributed by atoms with Gasteiger partial charge in [0.15, 0.2) is 4.80 Å². The molecule has 1 atom stereocenters. The molecule has 0 fully saturated rings. The van der Waals surface area contributed by atoms with E-state index in [4.69, 9.17) is 14.5 Å². The number of rotatable bonds is 4. The first-order valence-electron chi connectivity index (χ1n) is 11.7. The Morgan fingerprint density at radius 3 is 2.61 bits per heavy atom. The molecule has 36 heavy (non-hydrogen) atoms. The van der Waals surface area contributed by atoms with Gasteiger partial charge in [-0.2, -0.15) is 0 Å². The summed E-state index contributed by atoms with van der Waals surface area (Å²) in [5.41, 5.74) is 5.86. The summed E-state index contributed by atoms with van der Waals surface area (Å²) in [5.74, 6) is 0.984. The predicted octanol–water partition coefficient (Wildman–Crippen LogP) is 4.48. The minimum Gasteiger partial charge on any atom is -0.497 e. The van der Waals surface area contributed by atoms with Crippen molar-refractivity contribution in [2.24, 2.45) is 4.99 Å². The van der Waals surface area contributed by atoms with Gasteiger partial charge < -0.3 is 9.47 Å². The van der Waals surface area contributed by atoms with Gasteiger partial charge in [0.1, 0.15) is 17.3 Å². The van der Waals surface area contributed by atoms with Crippen molar-refractivity contribution in [2.45, 2.75) is 18.9 Å². The lowest BCUT2D eigenvalue weighted by molar-refractivity contribution is 0.393. The first-order valence-corrected chi connectivity index (χ1v) is 12.5. The normalized spacial score (nSPS) is 16.6. The van der Waals surface area contributed by atoms with E-state index in [0.717, 1.165) is 40.8 Å². The van der Waals surface area contributed by atoms with Crippen LogP contribution in [0.4, 0.5) is 4.39 Å². The van der Waals surface area contributed by atoms with E-state index in [9.17, 15) is 9.18 Å². The molecule has 0 bridgehead atoms. The van der Waals surface area contributed by atoms with E-state index in [1.54, 1.807) is 37.0 Å². The van der Waals surface area contributed by atoms with Gasteiger partial charge in [0.05, 0.1) is 30.5 Å². The van der Waals surface area contributed by atoms with Crippen LogP contribution >= 0.6 is 11.3 Å². The number of fused-ring (bicyclic) bond motifs is 3. The number of aryl methyl sites for hydroxylation is 1. The Kier molecular flexibility index (Phi) is 5.57. The van der Waals surface area contributed by atoms with Crippen LogP contribution in [-0.2, 0) is 6.42 Å². The van der Waals surface area contributed by atoms with Gasteiger partial charge in [-0.15, -0.1) is 0 Å². The van der Waals surface area contributed by atoms with Crippen molar-refractivity contribution in [1.29, 1.82) is 0 Å². The van der Waals surface area contributed by atoms with Crippen molar-refractivity contribution in [3.05, 3.63) is 120 Å². The molecule has 1 aromatic heterocycles. The number of methoxy groups -OCH3 is 2. The second-order valence-corrected chi connectivity index (χ2v) is 9.78. The molecule has 1 aliphatic carbocycles. The molecule has 1 aliphatic heterocycles. The van der Waals surface area contributed by atoms with Crippen molar-refractivity contribution in [2.75, 3.05) is 14.2 Å². The number of ether oxygens (including phenoxy) is 2. The molecule has 2 aliphatic rings. The van der Waals surface area contributed by atoms with Crippen LogP contribution in [0.5, 0.6) is 11.5 Å². The van der Waals surface area contributed by atoms with E-state index in [1.165, 1.54) is 29.0 Å².